The van der Waals surface area contributed by atoms with Crippen LogP contribution in [0.25, 0.3) is 6.08 Å². The van der Waals surface area contributed by atoms with Crippen molar-refractivity contribution in [2.75, 3.05) is 26.8 Å². The fourth-order valence-electron chi connectivity index (χ4n) is 2.92. The molecule has 0 aliphatic rings. The predicted octanol–water partition coefficient (Wildman–Crippen LogP) is 3.42. The van der Waals surface area contributed by atoms with Crippen LogP contribution in [0.1, 0.15) is 31.4 Å². The summed E-state index contributed by atoms with van der Waals surface area (Å²) in [5, 5.41) is 1.11. The second-order valence-corrected chi connectivity index (χ2v) is 8.38. The molecule has 1 N–H and O–H groups in total. The Morgan fingerprint density at radius 3 is 2.48 bits per heavy atom. The summed E-state index contributed by atoms with van der Waals surface area (Å²) in [4.78, 5) is 14.3. The largest absolute Gasteiger partial charge is 0.493 e. The van der Waals surface area contributed by atoms with Crippen molar-refractivity contribution in [3.05, 3.63) is 65.1 Å². The molecular formula is C23H30N2O5S. The lowest BCUT2D eigenvalue weighted by molar-refractivity contribution is -0.131. The Bertz CT molecular complexity index is 975. The number of nitrogens with zero attached hydrogens (tertiary/aromatic N) is 1. The van der Waals surface area contributed by atoms with Crippen LogP contribution in [0.2, 0.25) is 0 Å². The standard InChI is InChI=1S/C23H30N2O5S/c1-4-25(18-20-11-12-21(30-5-2)22(17-20)29-3)23(26)13-15-24-31(27,28)16-14-19-9-7-6-8-10-19/h6-12,14,16-17,24H,4-5,13,15,18H2,1-3H3/b16-14+. The molecule has 0 spiro atoms. The highest BCUT2D eigenvalue weighted by atomic mass is 32.2. The molecule has 2 aromatic rings. The molecule has 8 heteroatoms. The monoisotopic (exact) mass is 446 g/mol. The Labute approximate surface area is 184 Å². The van der Waals surface area contributed by atoms with Crippen molar-refractivity contribution >= 4 is 22.0 Å². The summed E-state index contributed by atoms with van der Waals surface area (Å²) >= 11 is 0. The molecule has 0 fully saturated rings. The molecule has 168 valence electrons. The maximum Gasteiger partial charge on any atom is 0.233 e. The lowest BCUT2D eigenvalue weighted by Crippen LogP contribution is -2.33. The first-order valence-electron chi connectivity index (χ1n) is 10.2. The Morgan fingerprint density at radius 2 is 1.84 bits per heavy atom. The number of carbonyl (C=O) groups excluding carboxylic acids is 1. The van der Waals surface area contributed by atoms with Gasteiger partial charge in [0.05, 0.1) is 13.7 Å². The van der Waals surface area contributed by atoms with Gasteiger partial charge in [0.25, 0.3) is 0 Å². The summed E-state index contributed by atoms with van der Waals surface area (Å²) in [5.41, 5.74) is 1.69. The number of benzene rings is 2. The minimum Gasteiger partial charge on any atom is -0.493 e. The Kier molecular flexibility index (Phi) is 9.55. The second kappa shape index (κ2) is 12.1. The maximum absolute atomic E-state index is 12.6. The van der Waals surface area contributed by atoms with Crippen molar-refractivity contribution in [3.63, 3.8) is 0 Å². The van der Waals surface area contributed by atoms with E-state index in [4.69, 9.17) is 9.47 Å². The number of hydrogen-bond acceptors (Lipinski definition) is 5. The molecule has 0 heterocycles. The lowest BCUT2D eigenvalue weighted by atomic mass is 10.1. The summed E-state index contributed by atoms with van der Waals surface area (Å²) < 4.78 is 37.6. The molecule has 2 rings (SSSR count). The van der Waals surface area contributed by atoms with E-state index in [0.717, 1.165) is 16.5 Å². The van der Waals surface area contributed by atoms with Gasteiger partial charge >= 0.3 is 0 Å². The van der Waals surface area contributed by atoms with Gasteiger partial charge in [-0.25, -0.2) is 13.1 Å². The van der Waals surface area contributed by atoms with E-state index in [1.165, 1.54) is 6.08 Å². The first-order valence-corrected chi connectivity index (χ1v) is 11.7. The molecule has 0 saturated heterocycles. The van der Waals surface area contributed by atoms with Gasteiger partial charge < -0.3 is 14.4 Å². The van der Waals surface area contributed by atoms with E-state index < -0.39 is 10.0 Å². The van der Waals surface area contributed by atoms with Gasteiger partial charge in [0.1, 0.15) is 0 Å². The third-order valence-corrected chi connectivity index (χ3v) is 5.62. The number of hydrogen-bond donors (Lipinski definition) is 1. The third kappa shape index (κ3) is 8.07. The van der Waals surface area contributed by atoms with Crippen LogP contribution in [0.5, 0.6) is 11.5 Å². The summed E-state index contributed by atoms with van der Waals surface area (Å²) in [6.45, 7) is 5.26. The van der Waals surface area contributed by atoms with Crippen molar-refractivity contribution < 1.29 is 22.7 Å². The summed E-state index contributed by atoms with van der Waals surface area (Å²) in [6, 6.07) is 14.7. The zero-order valence-corrected chi connectivity index (χ0v) is 19.0. The molecule has 0 radical (unpaired) electrons. The molecule has 1 amide bonds. The van der Waals surface area contributed by atoms with Gasteiger partial charge in [-0.1, -0.05) is 36.4 Å². The van der Waals surface area contributed by atoms with E-state index in [9.17, 15) is 13.2 Å². The highest BCUT2D eigenvalue weighted by Crippen LogP contribution is 2.28. The molecule has 0 saturated carbocycles. The van der Waals surface area contributed by atoms with E-state index >= 15 is 0 Å². The molecule has 0 aliphatic carbocycles. The average molecular weight is 447 g/mol. The number of methoxy groups -OCH3 is 1. The van der Waals surface area contributed by atoms with E-state index in [1.807, 2.05) is 62.4 Å². The van der Waals surface area contributed by atoms with Gasteiger partial charge in [-0.15, -0.1) is 0 Å². The quantitative estimate of drug-likeness (QED) is 0.540. The van der Waals surface area contributed by atoms with Gasteiger partial charge in [-0.3, -0.25) is 4.79 Å². The van der Waals surface area contributed by atoms with E-state index in [0.29, 0.717) is 31.2 Å². The van der Waals surface area contributed by atoms with Gasteiger partial charge in [0, 0.05) is 31.5 Å². The first-order chi connectivity index (χ1) is 14.9. The van der Waals surface area contributed by atoms with Crippen molar-refractivity contribution in [1.82, 2.24) is 9.62 Å². The number of nitrogens with one attached hydrogen (secondary N) is 1. The molecule has 31 heavy (non-hydrogen) atoms. The van der Waals surface area contributed by atoms with Crippen molar-refractivity contribution in [2.45, 2.75) is 26.8 Å². The number of sulfonamides is 1. The normalized spacial score (nSPS) is 11.5. The highest BCUT2D eigenvalue weighted by Gasteiger charge is 2.15. The lowest BCUT2D eigenvalue weighted by Gasteiger charge is -2.22. The van der Waals surface area contributed by atoms with Crippen LogP contribution in [0.4, 0.5) is 0 Å². The van der Waals surface area contributed by atoms with E-state index in [2.05, 4.69) is 4.72 Å². The second-order valence-electron chi connectivity index (χ2n) is 6.73. The Balaban J connectivity index is 1.90. The highest BCUT2D eigenvalue weighted by molar-refractivity contribution is 7.92. The zero-order valence-electron chi connectivity index (χ0n) is 18.2. The van der Waals surface area contributed by atoms with Crippen LogP contribution in [-0.2, 0) is 21.4 Å². The molecule has 0 aliphatic heterocycles. The van der Waals surface area contributed by atoms with Gasteiger partial charge in [0.2, 0.25) is 15.9 Å². The van der Waals surface area contributed by atoms with E-state index in [-0.39, 0.29) is 18.9 Å². The molecular weight excluding hydrogens is 416 g/mol. The first kappa shape index (κ1) is 24.4. The third-order valence-electron chi connectivity index (χ3n) is 4.52. The zero-order chi connectivity index (χ0) is 22.7. The Hall–Kier alpha value is -2.84. The molecule has 0 bridgehead atoms. The topological polar surface area (TPSA) is 84.9 Å². The molecule has 0 unspecified atom stereocenters. The van der Waals surface area contributed by atoms with Crippen LogP contribution < -0.4 is 14.2 Å². The minimum absolute atomic E-state index is 0.0311. The molecule has 7 nitrogen and oxygen atoms in total. The fourth-order valence-corrected chi connectivity index (χ4v) is 3.74. The summed E-state index contributed by atoms with van der Waals surface area (Å²) in [5.74, 6) is 1.13. The van der Waals surface area contributed by atoms with Gasteiger partial charge in [-0.05, 0) is 43.2 Å². The number of carbonyl (C=O) groups is 1. The Morgan fingerprint density at radius 1 is 1.10 bits per heavy atom. The fraction of sp³-hybridized carbons (Fsp3) is 0.348. The van der Waals surface area contributed by atoms with Crippen LogP contribution in [0.3, 0.4) is 0 Å². The average Bonchev–Trinajstić information content (AvgIpc) is 2.77. The van der Waals surface area contributed by atoms with Gasteiger partial charge in [-0.2, -0.15) is 0 Å². The maximum atomic E-state index is 12.6. The van der Waals surface area contributed by atoms with Crippen LogP contribution >= 0.6 is 0 Å². The van der Waals surface area contributed by atoms with Crippen LogP contribution in [0, 0.1) is 0 Å². The number of ether oxygens (including phenoxy) is 2. The van der Waals surface area contributed by atoms with Gasteiger partial charge in [0.15, 0.2) is 11.5 Å². The molecule has 0 aromatic heterocycles. The van der Waals surface area contributed by atoms with E-state index in [1.54, 1.807) is 12.0 Å². The number of amides is 1. The van der Waals surface area contributed by atoms with Crippen molar-refractivity contribution in [2.24, 2.45) is 0 Å². The van der Waals surface area contributed by atoms with Crippen LogP contribution in [0.15, 0.2) is 53.9 Å². The molecule has 0 atom stereocenters. The smallest absolute Gasteiger partial charge is 0.233 e. The molecule has 2 aromatic carbocycles. The van der Waals surface area contributed by atoms with Crippen molar-refractivity contribution in [1.29, 1.82) is 0 Å². The summed E-state index contributed by atoms with van der Waals surface area (Å²) in [6.07, 6.45) is 1.59. The van der Waals surface area contributed by atoms with Crippen LogP contribution in [-0.4, -0.2) is 46.0 Å². The SMILES string of the molecule is CCOc1ccc(CN(CC)C(=O)CCNS(=O)(=O)/C=C/c2ccccc2)cc1OC. The van der Waals surface area contributed by atoms with Crippen molar-refractivity contribution in [3.8, 4) is 11.5 Å². The number of rotatable bonds is 12. The summed E-state index contributed by atoms with van der Waals surface area (Å²) in [7, 11) is -2.05. The minimum atomic E-state index is -3.62. The predicted molar refractivity (Wildman–Crippen MR) is 122 cm³/mol.